The summed E-state index contributed by atoms with van der Waals surface area (Å²) >= 11 is 0. The molecule has 2 unspecified atom stereocenters. The van der Waals surface area contributed by atoms with Crippen LogP contribution in [0.1, 0.15) is 369 Å². The predicted molar refractivity (Wildman–Crippen MR) is 312 cm³/mol. The normalized spacial score (nSPS) is 12.9. The quantitative estimate of drug-likeness (QED) is 0.0343. The number of hydrogen-bond acceptors (Lipinski definition) is 6. The monoisotopic (exact) mass is 1020 g/mol. The SMILES string of the molecule is CCC(C)CCCCCCCCCCCCCCCCCCCCC(=O)O[C@H](COC(=O)CCCCCCCCCCCCCCCCC(C)CC)COC(=O)CCCCCCCCCCCCCC(C)C. The van der Waals surface area contributed by atoms with Gasteiger partial charge in [0.05, 0.1) is 0 Å². The van der Waals surface area contributed by atoms with Gasteiger partial charge in [-0.2, -0.15) is 0 Å². The summed E-state index contributed by atoms with van der Waals surface area (Å²) in [4.78, 5) is 38.3. The second kappa shape index (κ2) is 57.1. The summed E-state index contributed by atoms with van der Waals surface area (Å²) in [6, 6.07) is 0. The molecule has 0 aromatic carbocycles. The molecule has 428 valence electrons. The first-order chi connectivity index (χ1) is 35.2. The van der Waals surface area contributed by atoms with Gasteiger partial charge < -0.3 is 14.2 Å². The minimum absolute atomic E-state index is 0.0626. The highest BCUT2D eigenvalue weighted by Gasteiger charge is 2.20. The van der Waals surface area contributed by atoms with Gasteiger partial charge >= 0.3 is 17.9 Å². The molecule has 0 rings (SSSR count). The molecule has 0 aliphatic carbocycles. The molecule has 0 aromatic rings. The summed E-state index contributed by atoms with van der Waals surface area (Å²) in [6.07, 6.45) is 62.4. The van der Waals surface area contributed by atoms with Crippen LogP contribution in [0.5, 0.6) is 0 Å². The van der Waals surface area contributed by atoms with Crippen molar-refractivity contribution in [3.63, 3.8) is 0 Å². The first kappa shape index (κ1) is 70.4. The van der Waals surface area contributed by atoms with Gasteiger partial charge in [0, 0.05) is 19.3 Å². The lowest BCUT2D eigenvalue weighted by Crippen LogP contribution is -2.30. The van der Waals surface area contributed by atoms with Gasteiger partial charge in [0.2, 0.25) is 0 Å². The molecule has 0 aliphatic rings. The van der Waals surface area contributed by atoms with Gasteiger partial charge in [0.15, 0.2) is 6.10 Å². The maximum atomic E-state index is 12.9. The molecule has 3 atom stereocenters. The van der Waals surface area contributed by atoms with E-state index in [1.54, 1.807) is 0 Å². The zero-order chi connectivity index (χ0) is 52.6. The van der Waals surface area contributed by atoms with Crippen LogP contribution in [0.2, 0.25) is 0 Å². The van der Waals surface area contributed by atoms with Crippen molar-refractivity contribution in [3.05, 3.63) is 0 Å². The fraction of sp³-hybridized carbons (Fsp3) is 0.955. The van der Waals surface area contributed by atoms with Gasteiger partial charge in [-0.05, 0) is 37.0 Å². The maximum absolute atomic E-state index is 12.9. The fourth-order valence-electron chi connectivity index (χ4n) is 10.2. The van der Waals surface area contributed by atoms with E-state index in [2.05, 4.69) is 41.5 Å². The van der Waals surface area contributed by atoms with Crippen LogP contribution in [0.3, 0.4) is 0 Å². The minimum Gasteiger partial charge on any atom is -0.462 e. The van der Waals surface area contributed by atoms with Gasteiger partial charge in [-0.15, -0.1) is 0 Å². The van der Waals surface area contributed by atoms with Crippen LogP contribution in [0, 0.1) is 17.8 Å². The zero-order valence-corrected chi connectivity index (χ0v) is 49.7. The van der Waals surface area contributed by atoms with Crippen molar-refractivity contribution in [2.75, 3.05) is 13.2 Å². The molecule has 6 nitrogen and oxygen atoms in total. The lowest BCUT2D eigenvalue weighted by Gasteiger charge is -2.18. The fourth-order valence-corrected chi connectivity index (χ4v) is 10.2. The summed E-state index contributed by atoms with van der Waals surface area (Å²) in [5.74, 6) is 1.80. The number of unbranched alkanes of at least 4 members (excludes halogenated alkanes) is 40. The standard InChI is InChI=1S/C66H128O6/c1-7-61(5)53-47-41-35-29-23-17-13-11-9-10-12-14-20-26-33-39-45-51-57-66(69)72-63(59-71-65(68)56-50-44-38-32-27-21-22-28-34-40-46-52-60(3)4)58-70-64(67)55-49-43-37-31-25-19-16-15-18-24-30-36-42-48-54-62(6)8-2/h60-63H,7-59H2,1-6H3/t61?,62?,63-/m1/s1. The average Bonchev–Trinajstić information content (AvgIpc) is 3.37. The third kappa shape index (κ3) is 56.1. The summed E-state index contributed by atoms with van der Waals surface area (Å²) in [7, 11) is 0. The van der Waals surface area contributed by atoms with Gasteiger partial charge in [0.25, 0.3) is 0 Å². The lowest BCUT2D eigenvalue weighted by atomic mass is 9.99. The van der Waals surface area contributed by atoms with E-state index in [1.165, 1.54) is 250 Å². The molecule has 0 aliphatic heterocycles. The van der Waals surface area contributed by atoms with Crippen LogP contribution < -0.4 is 0 Å². The van der Waals surface area contributed by atoms with Crippen molar-refractivity contribution in [2.24, 2.45) is 17.8 Å². The Hall–Kier alpha value is -1.59. The van der Waals surface area contributed by atoms with E-state index in [-0.39, 0.29) is 31.1 Å². The molecule has 6 heteroatoms. The summed E-state index contributed by atoms with van der Waals surface area (Å²) in [5, 5.41) is 0. The molecular formula is C66H128O6. The van der Waals surface area contributed by atoms with E-state index in [0.29, 0.717) is 19.3 Å². The van der Waals surface area contributed by atoms with E-state index in [1.807, 2.05) is 0 Å². The van der Waals surface area contributed by atoms with Crippen molar-refractivity contribution in [1.82, 2.24) is 0 Å². The first-order valence-corrected chi connectivity index (χ1v) is 32.7. The Bertz CT molecular complexity index is 1120. The second-order valence-corrected chi connectivity index (χ2v) is 23.7. The molecule has 0 amide bonds. The van der Waals surface area contributed by atoms with E-state index >= 15 is 0 Å². The number of hydrogen-bond donors (Lipinski definition) is 0. The van der Waals surface area contributed by atoms with E-state index in [4.69, 9.17) is 14.2 Å². The molecule has 0 aromatic heterocycles. The molecular weight excluding hydrogens is 889 g/mol. The first-order valence-electron chi connectivity index (χ1n) is 32.7. The third-order valence-electron chi connectivity index (χ3n) is 15.9. The number of carbonyl (C=O) groups excluding carboxylic acids is 3. The Kier molecular flexibility index (Phi) is 55.9. The Morgan fingerprint density at radius 2 is 0.486 bits per heavy atom. The number of ether oxygens (including phenoxy) is 3. The highest BCUT2D eigenvalue weighted by molar-refractivity contribution is 5.71. The molecule has 0 spiro atoms. The number of carbonyl (C=O) groups is 3. The minimum atomic E-state index is -0.765. The van der Waals surface area contributed by atoms with Gasteiger partial charge in [-0.1, -0.05) is 330 Å². The Morgan fingerprint density at radius 3 is 0.722 bits per heavy atom. The molecule has 0 bridgehead atoms. The highest BCUT2D eigenvalue weighted by Crippen LogP contribution is 2.20. The van der Waals surface area contributed by atoms with E-state index < -0.39 is 6.10 Å². The summed E-state index contributed by atoms with van der Waals surface area (Å²) in [5.41, 5.74) is 0. The molecule has 0 radical (unpaired) electrons. The van der Waals surface area contributed by atoms with Crippen molar-refractivity contribution < 1.29 is 28.6 Å². The molecule has 0 heterocycles. The van der Waals surface area contributed by atoms with Gasteiger partial charge in [-0.25, -0.2) is 0 Å². The smallest absolute Gasteiger partial charge is 0.306 e. The Labute approximate surface area is 450 Å². The Morgan fingerprint density at radius 1 is 0.278 bits per heavy atom. The topological polar surface area (TPSA) is 78.9 Å². The van der Waals surface area contributed by atoms with Gasteiger partial charge in [0.1, 0.15) is 13.2 Å². The Balaban J connectivity index is 4.27. The van der Waals surface area contributed by atoms with Crippen LogP contribution >= 0.6 is 0 Å². The van der Waals surface area contributed by atoms with Crippen molar-refractivity contribution >= 4 is 17.9 Å². The lowest BCUT2D eigenvalue weighted by molar-refractivity contribution is -0.167. The van der Waals surface area contributed by atoms with Crippen LogP contribution in [-0.4, -0.2) is 37.2 Å². The summed E-state index contributed by atoms with van der Waals surface area (Å²) in [6.45, 7) is 13.9. The predicted octanol–water partition coefficient (Wildman–Crippen LogP) is 21.8. The molecule has 0 fully saturated rings. The van der Waals surface area contributed by atoms with Crippen molar-refractivity contribution in [1.29, 1.82) is 0 Å². The second-order valence-electron chi connectivity index (χ2n) is 23.7. The van der Waals surface area contributed by atoms with Gasteiger partial charge in [-0.3, -0.25) is 14.4 Å². The van der Waals surface area contributed by atoms with E-state index in [0.717, 1.165) is 75.5 Å². The maximum Gasteiger partial charge on any atom is 0.306 e. The molecule has 0 saturated heterocycles. The van der Waals surface area contributed by atoms with Crippen molar-refractivity contribution in [3.8, 4) is 0 Å². The molecule has 72 heavy (non-hydrogen) atoms. The molecule has 0 saturated carbocycles. The van der Waals surface area contributed by atoms with Crippen molar-refractivity contribution in [2.45, 2.75) is 375 Å². The summed E-state index contributed by atoms with van der Waals surface area (Å²) < 4.78 is 17.0. The number of rotatable bonds is 59. The average molecular weight is 1020 g/mol. The largest absolute Gasteiger partial charge is 0.462 e. The van der Waals surface area contributed by atoms with Crippen LogP contribution in [0.25, 0.3) is 0 Å². The third-order valence-corrected chi connectivity index (χ3v) is 15.9. The van der Waals surface area contributed by atoms with Crippen LogP contribution in [0.15, 0.2) is 0 Å². The van der Waals surface area contributed by atoms with Crippen LogP contribution in [-0.2, 0) is 28.6 Å². The molecule has 0 N–H and O–H groups in total. The number of esters is 3. The van der Waals surface area contributed by atoms with E-state index in [9.17, 15) is 14.4 Å². The highest BCUT2D eigenvalue weighted by atomic mass is 16.6. The zero-order valence-electron chi connectivity index (χ0n) is 49.7. The van der Waals surface area contributed by atoms with Crippen LogP contribution in [0.4, 0.5) is 0 Å².